The summed E-state index contributed by atoms with van der Waals surface area (Å²) in [5.74, 6) is 0.142. The first-order valence-electron chi connectivity index (χ1n) is 6.98. The van der Waals surface area contributed by atoms with Crippen molar-refractivity contribution in [1.29, 1.82) is 0 Å². The molecule has 1 aliphatic rings. The lowest BCUT2D eigenvalue weighted by molar-refractivity contribution is -0.123. The molecule has 0 aromatic heterocycles. The van der Waals surface area contributed by atoms with Gasteiger partial charge in [-0.25, -0.2) is 0 Å². The lowest BCUT2D eigenvalue weighted by Crippen LogP contribution is -2.33. The minimum absolute atomic E-state index is 0.0189. The van der Waals surface area contributed by atoms with Crippen LogP contribution in [0.3, 0.4) is 0 Å². The summed E-state index contributed by atoms with van der Waals surface area (Å²) in [6.07, 6.45) is 2.49. The lowest BCUT2D eigenvalue weighted by Gasteiger charge is -2.35. The molecule has 1 N–H and O–H groups in total. The van der Waals surface area contributed by atoms with E-state index in [1.165, 1.54) is 0 Å². The van der Waals surface area contributed by atoms with E-state index in [9.17, 15) is 9.67 Å². The van der Waals surface area contributed by atoms with Gasteiger partial charge >= 0.3 is 7.60 Å². The molecule has 0 saturated heterocycles. The Morgan fingerprint density at radius 1 is 1.21 bits per heavy atom. The van der Waals surface area contributed by atoms with Crippen molar-refractivity contribution in [2.45, 2.75) is 46.8 Å². The van der Waals surface area contributed by atoms with Crippen molar-refractivity contribution in [3.8, 4) is 0 Å². The van der Waals surface area contributed by atoms with Gasteiger partial charge in [-0.15, -0.1) is 0 Å². The van der Waals surface area contributed by atoms with Gasteiger partial charge in [0.25, 0.3) is 0 Å². The van der Waals surface area contributed by atoms with Crippen LogP contribution in [0.5, 0.6) is 0 Å². The Morgan fingerprint density at radius 3 is 2.21 bits per heavy atom. The van der Waals surface area contributed by atoms with Gasteiger partial charge in [-0.2, -0.15) is 0 Å². The molecule has 112 valence electrons. The fourth-order valence-electron chi connectivity index (χ4n) is 2.35. The smallest absolute Gasteiger partial charge is 0.395 e. The van der Waals surface area contributed by atoms with Gasteiger partial charge in [-0.1, -0.05) is 13.8 Å². The first kappa shape index (κ1) is 16.7. The van der Waals surface area contributed by atoms with Crippen molar-refractivity contribution in [3.63, 3.8) is 0 Å². The van der Waals surface area contributed by atoms with E-state index in [0.717, 1.165) is 12.8 Å². The largest absolute Gasteiger partial charge is 0.457 e. The molecule has 0 amide bonds. The molecule has 0 aromatic rings. The number of hydrogen-bond acceptors (Lipinski definition) is 5. The summed E-state index contributed by atoms with van der Waals surface area (Å²) in [6.45, 7) is 8.06. The number of rotatable bonds is 7. The van der Waals surface area contributed by atoms with Crippen molar-refractivity contribution in [2.24, 2.45) is 11.8 Å². The van der Waals surface area contributed by atoms with E-state index in [-0.39, 0.29) is 30.5 Å². The molecule has 1 aliphatic heterocycles. The van der Waals surface area contributed by atoms with Gasteiger partial charge in [0, 0.05) is 5.92 Å². The van der Waals surface area contributed by atoms with Gasteiger partial charge in [0.1, 0.15) is 0 Å². The molecule has 0 aliphatic carbocycles. The molecule has 0 aromatic carbocycles. The molecule has 0 radical (unpaired) electrons. The lowest BCUT2D eigenvalue weighted by atomic mass is 9.86. The number of ether oxygens (including phenoxy) is 1. The summed E-state index contributed by atoms with van der Waals surface area (Å²) in [5.41, 5.74) is 0.153. The normalized spacial score (nSPS) is 27.8. The van der Waals surface area contributed by atoms with E-state index in [4.69, 9.17) is 13.8 Å². The van der Waals surface area contributed by atoms with Crippen LogP contribution in [0.4, 0.5) is 0 Å². The minimum atomic E-state index is -3.44. The average molecular weight is 292 g/mol. The summed E-state index contributed by atoms with van der Waals surface area (Å²) in [6, 6.07) is 0. The van der Waals surface area contributed by atoms with E-state index in [1.54, 1.807) is 19.9 Å². The van der Waals surface area contributed by atoms with Gasteiger partial charge in [-0.3, -0.25) is 4.57 Å². The molecule has 1 unspecified atom stereocenters. The number of hydrogen-bond donors (Lipinski definition) is 1. The van der Waals surface area contributed by atoms with Crippen LogP contribution >= 0.6 is 7.60 Å². The van der Waals surface area contributed by atoms with Gasteiger partial charge in [0.2, 0.25) is 11.8 Å². The quantitative estimate of drug-likeness (QED) is 0.728. The van der Waals surface area contributed by atoms with Crippen molar-refractivity contribution in [2.75, 3.05) is 13.2 Å². The zero-order valence-electron chi connectivity index (χ0n) is 12.2. The van der Waals surface area contributed by atoms with E-state index in [2.05, 4.69) is 0 Å². The Hall–Kier alpha value is -0.350. The highest BCUT2D eigenvalue weighted by atomic mass is 31.2. The standard InChI is InChI=1S/C13H25O5P/c1-5-10-9-12(18-13(14)11(10)6-2)19(15,16-7-3)17-8-4/h9-11,13-14H,5-8H2,1-4H3/t10-,11+,13?/m0/s1. The van der Waals surface area contributed by atoms with Crippen LogP contribution in [0.15, 0.2) is 11.6 Å². The molecule has 19 heavy (non-hydrogen) atoms. The zero-order valence-corrected chi connectivity index (χ0v) is 13.1. The van der Waals surface area contributed by atoms with E-state index in [0.29, 0.717) is 0 Å². The first-order valence-corrected chi connectivity index (χ1v) is 8.52. The predicted octanol–water partition coefficient (Wildman–Crippen LogP) is 3.49. The van der Waals surface area contributed by atoms with Crippen LogP contribution in [0.1, 0.15) is 40.5 Å². The molecular weight excluding hydrogens is 267 g/mol. The Kier molecular flexibility index (Phi) is 6.54. The van der Waals surface area contributed by atoms with Crippen molar-refractivity contribution < 1.29 is 23.5 Å². The summed E-state index contributed by atoms with van der Waals surface area (Å²) < 4.78 is 28.5. The minimum Gasteiger partial charge on any atom is -0.457 e. The molecule has 5 nitrogen and oxygen atoms in total. The number of aliphatic hydroxyl groups excluding tert-OH is 1. The van der Waals surface area contributed by atoms with Crippen molar-refractivity contribution >= 4 is 7.60 Å². The maximum Gasteiger partial charge on any atom is 0.395 e. The molecule has 6 heteroatoms. The van der Waals surface area contributed by atoms with Crippen LogP contribution < -0.4 is 0 Å². The molecular formula is C13H25O5P. The van der Waals surface area contributed by atoms with Crippen LogP contribution in [-0.4, -0.2) is 24.6 Å². The second kappa shape index (κ2) is 7.44. The molecule has 0 spiro atoms. The maximum atomic E-state index is 12.6. The van der Waals surface area contributed by atoms with E-state index in [1.807, 2.05) is 13.8 Å². The van der Waals surface area contributed by atoms with Gasteiger partial charge < -0.3 is 18.9 Å². The predicted molar refractivity (Wildman–Crippen MR) is 73.6 cm³/mol. The Labute approximate surface area is 115 Å². The molecule has 0 fully saturated rings. The summed E-state index contributed by atoms with van der Waals surface area (Å²) in [5, 5.41) is 10.0. The van der Waals surface area contributed by atoms with Crippen LogP contribution in [0.2, 0.25) is 0 Å². The molecule has 0 bridgehead atoms. The first-order chi connectivity index (χ1) is 9.02. The summed E-state index contributed by atoms with van der Waals surface area (Å²) in [4.78, 5) is 0. The Balaban J connectivity index is 3.03. The monoisotopic (exact) mass is 292 g/mol. The highest BCUT2D eigenvalue weighted by Gasteiger charge is 2.40. The van der Waals surface area contributed by atoms with Crippen LogP contribution in [0.25, 0.3) is 0 Å². The second-order valence-corrected chi connectivity index (χ2v) is 6.44. The van der Waals surface area contributed by atoms with Crippen molar-refractivity contribution in [1.82, 2.24) is 0 Å². The third-order valence-corrected chi connectivity index (χ3v) is 5.32. The molecule has 1 rings (SSSR count). The molecule has 0 saturated carbocycles. The summed E-state index contributed by atoms with van der Waals surface area (Å²) in [7, 11) is -3.44. The Morgan fingerprint density at radius 2 is 1.79 bits per heavy atom. The SMILES string of the molecule is CCOP(=O)(OCC)C1=C[C@H](CC)[C@@H](CC)C(O)O1. The number of aliphatic hydroxyl groups is 1. The molecule has 1 heterocycles. The van der Waals surface area contributed by atoms with E-state index >= 15 is 0 Å². The highest BCUT2D eigenvalue weighted by Crippen LogP contribution is 2.58. The van der Waals surface area contributed by atoms with Gasteiger partial charge in [0.15, 0.2) is 0 Å². The van der Waals surface area contributed by atoms with Crippen LogP contribution in [0, 0.1) is 11.8 Å². The van der Waals surface area contributed by atoms with E-state index < -0.39 is 13.9 Å². The summed E-state index contributed by atoms with van der Waals surface area (Å²) >= 11 is 0. The molecule has 3 atom stereocenters. The topological polar surface area (TPSA) is 65.0 Å². The third-order valence-electron chi connectivity index (χ3n) is 3.33. The highest BCUT2D eigenvalue weighted by molar-refractivity contribution is 7.58. The second-order valence-electron chi connectivity index (χ2n) is 4.49. The van der Waals surface area contributed by atoms with Crippen LogP contribution in [-0.2, 0) is 18.3 Å². The Bertz CT molecular complexity index is 345. The third kappa shape index (κ3) is 3.82. The van der Waals surface area contributed by atoms with Gasteiger partial charge in [0.05, 0.1) is 13.2 Å². The zero-order chi connectivity index (χ0) is 14.5. The fourth-order valence-corrected chi connectivity index (χ4v) is 3.97. The average Bonchev–Trinajstić information content (AvgIpc) is 2.38. The number of allylic oxidation sites excluding steroid dienone is 1. The fraction of sp³-hybridized carbons (Fsp3) is 0.846. The maximum absolute atomic E-state index is 12.6. The van der Waals surface area contributed by atoms with Crippen molar-refractivity contribution in [3.05, 3.63) is 11.6 Å². The van der Waals surface area contributed by atoms with Gasteiger partial charge in [-0.05, 0) is 38.7 Å².